The maximum absolute atomic E-state index is 11.1. The summed E-state index contributed by atoms with van der Waals surface area (Å²) in [5, 5.41) is 0. The summed E-state index contributed by atoms with van der Waals surface area (Å²) in [6, 6.07) is 6.98. The lowest BCUT2D eigenvalue weighted by Gasteiger charge is -2.11. The molecular formula is C11H9BrN2O2S. The Balaban J connectivity index is 2.71. The Morgan fingerprint density at radius 3 is 2.82 bits per heavy atom. The van der Waals surface area contributed by atoms with Crippen molar-refractivity contribution < 1.29 is 4.74 Å². The zero-order valence-corrected chi connectivity index (χ0v) is 11.3. The standard InChI is InChI=1S/C11H9BrN2O2S/c1-16-9-3-2-7(12)6-8(9)14-5-4-10(15)13-11(14)17/h2-6H,1H3,(H,13,15,17). The van der Waals surface area contributed by atoms with E-state index >= 15 is 0 Å². The number of hydrogen-bond acceptors (Lipinski definition) is 3. The molecule has 0 radical (unpaired) electrons. The summed E-state index contributed by atoms with van der Waals surface area (Å²) < 4.78 is 8.17. The first kappa shape index (κ1) is 12.1. The fraction of sp³-hybridized carbons (Fsp3) is 0.0909. The number of benzene rings is 1. The second-order valence-electron chi connectivity index (χ2n) is 3.30. The highest BCUT2D eigenvalue weighted by molar-refractivity contribution is 9.10. The summed E-state index contributed by atoms with van der Waals surface area (Å²) in [5.41, 5.74) is 0.545. The number of aromatic amines is 1. The number of H-pyrrole nitrogens is 1. The van der Waals surface area contributed by atoms with Crippen LogP contribution >= 0.6 is 28.1 Å². The van der Waals surface area contributed by atoms with Gasteiger partial charge >= 0.3 is 0 Å². The van der Waals surface area contributed by atoms with Crippen LogP contribution in [0.4, 0.5) is 0 Å². The van der Waals surface area contributed by atoms with E-state index in [2.05, 4.69) is 20.9 Å². The zero-order chi connectivity index (χ0) is 12.4. The van der Waals surface area contributed by atoms with Crippen LogP contribution in [-0.4, -0.2) is 16.7 Å². The van der Waals surface area contributed by atoms with Crippen LogP contribution in [0.15, 0.2) is 39.7 Å². The van der Waals surface area contributed by atoms with Crippen molar-refractivity contribution in [3.63, 3.8) is 0 Å². The number of ether oxygens (including phenoxy) is 1. The van der Waals surface area contributed by atoms with Gasteiger partial charge in [-0.25, -0.2) is 0 Å². The third-order valence-corrected chi connectivity index (χ3v) is 3.02. The quantitative estimate of drug-likeness (QED) is 0.867. The SMILES string of the molecule is COc1ccc(Br)cc1-n1ccc(=O)[nH]c1=S. The van der Waals surface area contributed by atoms with Crippen molar-refractivity contribution in [1.29, 1.82) is 0 Å². The van der Waals surface area contributed by atoms with E-state index in [1.165, 1.54) is 6.07 Å². The summed E-state index contributed by atoms with van der Waals surface area (Å²) in [6.45, 7) is 0. The van der Waals surface area contributed by atoms with Gasteiger partial charge in [0, 0.05) is 16.7 Å². The first-order valence-electron chi connectivity index (χ1n) is 4.78. The molecule has 17 heavy (non-hydrogen) atoms. The van der Waals surface area contributed by atoms with E-state index < -0.39 is 0 Å². The molecule has 1 aromatic carbocycles. The van der Waals surface area contributed by atoms with Crippen molar-refractivity contribution in [2.24, 2.45) is 0 Å². The van der Waals surface area contributed by atoms with Gasteiger partial charge in [-0.05, 0) is 30.4 Å². The molecule has 4 nitrogen and oxygen atoms in total. The van der Waals surface area contributed by atoms with E-state index in [1.807, 2.05) is 18.2 Å². The minimum absolute atomic E-state index is 0.222. The molecule has 0 atom stereocenters. The van der Waals surface area contributed by atoms with E-state index in [4.69, 9.17) is 17.0 Å². The van der Waals surface area contributed by atoms with Crippen molar-refractivity contribution >= 4 is 28.1 Å². The predicted octanol–water partition coefficient (Wildman–Crippen LogP) is 2.67. The Bertz CT molecular complexity index is 663. The number of rotatable bonds is 2. The topological polar surface area (TPSA) is 47.0 Å². The van der Waals surface area contributed by atoms with Crippen molar-refractivity contribution in [2.75, 3.05) is 7.11 Å². The number of aromatic nitrogens is 2. The lowest BCUT2D eigenvalue weighted by atomic mass is 10.3. The van der Waals surface area contributed by atoms with Crippen molar-refractivity contribution in [3.8, 4) is 11.4 Å². The maximum Gasteiger partial charge on any atom is 0.251 e. The van der Waals surface area contributed by atoms with Gasteiger partial charge in [0.2, 0.25) is 0 Å². The smallest absolute Gasteiger partial charge is 0.251 e. The fourth-order valence-corrected chi connectivity index (χ4v) is 2.07. The largest absolute Gasteiger partial charge is 0.495 e. The van der Waals surface area contributed by atoms with Crippen LogP contribution in [0.25, 0.3) is 5.69 Å². The molecule has 0 aliphatic carbocycles. The van der Waals surface area contributed by atoms with Gasteiger partial charge in [0.05, 0.1) is 12.8 Å². The lowest BCUT2D eigenvalue weighted by molar-refractivity contribution is 0.412. The number of hydrogen-bond donors (Lipinski definition) is 1. The number of halogens is 1. The molecule has 1 aromatic heterocycles. The molecule has 0 spiro atoms. The molecule has 1 N–H and O–H groups in total. The van der Waals surface area contributed by atoms with Crippen LogP contribution in [0.3, 0.4) is 0 Å². The lowest BCUT2D eigenvalue weighted by Crippen LogP contribution is -2.10. The first-order chi connectivity index (χ1) is 8.11. The first-order valence-corrected chi connectivity index (χ1v) is 5.98. The molecule has 0 aliphatic heterocycles. The number of methoxy groups -OCH3 is 1. The molecule has 2 aromatic rings. The summed E-state index contributed by atoms with van der Waals surface area (Å²) >= 11 is 8.50. The van der Waals surface area contributed by atoms with Gasteiger partial charge in [0.15, 0.2) is 4.77 Å². The monoisotopic (exact) mass is 312 g/mol. The third kappa shape index (κ3) is 2.48. The van der Waals surface area contributed by atoms with E-state index in [9.17, 15) is 4.79 Å². The summed E-state index contributed by atoms with van der Waals surface area (Å²) in [6.07, 6.45) is 1.62. The van der Waals surface area contributed by atoms with Crippen molar-refractivity contribution in [3.05, 3.63) is 50.1 Å². The van der Waals surface area contributed by atoms with Crippen LogP contribution in [0.5, 0.6) is 5.75 Å². The van der Waals surface area contributed by atoms with E-state index in [0.29, 0.717) is 10.5 Å². The molecule has 1 heterocycles. The molecule has 0 aliphatic rings. The van der Waals surface area contributed by atoms with Gasteiger partial charge in [0.25, 0.3) is 5.56 Å². The molecule has 6 heteroatoms. The molecule has 2 rings (SSSR count). The molecule has 0 saturated heterocycles. The normalized spacial score (nSPS) is 10.2. The number of nitrogens with zero attached hydrogens (tertiary/aromatic N) is 1. The maximum atomic E-state index is 11.1. The average Bonchev–Trinajstić information content (AvgIpc) is 2.29. The fourth-order valence-electron chi connectivity index (χ4n) is 1.46. The summed E-state index contributed by atoms with van der Waals surface area (Å²) in [5.74, 6) is 0.677. The Labute approximate surface area is 111 Å². The van der Waals surface area contributed by atoms with Gasteiger partial charge in [-0.2, -0.15) is 0 Å². The Morgan fingerprint density at radius 2 is 2.18 bits per heavy atom. The van der Waals surface area contributed by atoms with Gasteiger partial charge < -0.3 is 4.74 Å². The van der Waals surface area contributed by atoms with Gasteiger partial charge in [-0.3, -0.25) is 14.3 Å². The average molecular weight is 313 g/mol. The second-order valence-corrected chi connectivity index (χ2v) is 4.60. The van der Waals surface area contributed by atoms with E-state index in [1.54, 1.807) is 17.9 Å². The van der Waals surface area contributed by atoms with Crippen molar-refractivity contribution in [1.82, 2.24) is 9.55 Å². The van der Waals surface area contributed by atoms with Crippen molar-refractivity contribution in [2.45, 2.75) is 0 Å². The zero-order valence-electron chi connectivity index (χ0n) is 8.94. The van der Waals surface area contributed by atoms with Gasteiger partial charge in [-0.15, -0.1) is 0 Å². The summed E-state index contributed by atoms with van der Waals surface area (Å²) in [4.78, 5) is 13.7. The third-order valence-electron chi connectivity index (χ3n) is 2.22. The van der Waals surface area contributed by atoms with Crippen LogP contribution < -0.4 is 10.3 Å². The molecule has 0 unspecified atom stereocenters. The van der Waals surface area contributed by atoms with Crippen LogP contribution in [-0.2, 0) is 0 Å². The highest BCUT2D eigenvalue weighted by atomic mass is 79.9. The molecule has 0 amide bonds. The Kier molecular flexibility index (Phi) is 3.44. The minimum Gasteiger partial charge on any atom is -0.495 e. The molecule has 0 fully saturated rings. The van der Waals surface area contributed by atoms with Crippen LogP contribution in [0.2, 0.25) is 0 Å². The minimum atomic E-state index is -0.222. The Morgan fingerprint density at radius 1 is 1.41 bits per heavy atom. The highest BCUT2D eigenvalue weighted by Crippen LogP contribution is 2.26. The van der Waals surface area contributed by atoms with Gasteiger partial charge in [0.1, 0.15) is 5.75 Å². The molecule has 0 saturated carbocycles. The molecular weight excluding hydrogens is 304 g/mol. The van der Waals surface area contributed by atoms with Crippen LogP contribution in [0.1, 0.15) is 0 Å². The molecule has 88 valence electrons. The van der Waals surface area contributed by atoms with E-state index in [0.717, 1.165) is 10.2 Å². The number of nitrogens with one attached hydrogen (secondary N) is 1. The second kappa shape index (κ2) is 4.85. The Hall–Kier alpha value is -1.40. The summed E-state index contributed by atoms with van der Waals surface area (Å²) in [7, 11) is 1.59. The highest BCUT2D eigenvalue weighted by Gasteiger charge is 2.06. The van der Waals surface area contributed by atoms with E-state index in [-0.39, 0.29) is 5.56 Å². The molecule has 0 bridgehead atoms. The van der Waals surface area contributed by atoms with Crippen LogP contribution in [0, 0.1) is 4.77 Å². The predicted molar refractivity (Wildman–Crippen MR) is 71.5 cm³/mol. The van der Waals surface area contributed by atoms with Gasteiger partial charge in [-0.1, -0.05) is 15.9 Å².